The van der Waals surface area contributed by atoms with E-state index in [4.69, 9.17) is 16.3 Å². The molecule has 0 amide bonds. The fourth-order valence-electron chi connectivity index (χ4n) is 2.33. The zero-order valence-corrected chi connectivity index (χ0v) is 13.5. The number of rotatable bonds is 7. The lowest BCUT2D eigenvalue weighted by Gasteiger charge is -2.13. The van der Waals surface area contributed by atoms with Crippen molar-refractivity contribution in [3.63, 3.8) is 0 Å². The van der Waals surface area contributed by atoms with Crippen molar-refractivity contribution in [3.05, 3.63) is 46.7 Å². The predicted molar refractivity (Wildman–Crippen MR) is 86.2 cm³/mol. The van der Waals surface area contributed by atoms with Crippen molar-refractivity contribution in [3.8, 4) is 5.69 Å². The number of hydrogen-bond acceptors (Lipinski definition) is 3. The van der Waals surface area contributed by atoms with Crippen molar-refractivity contribution in [1.82, 2.24) is 15.1 Å². The molecule has 0 fully saturated rings. The lowest BCUT2D eigenvalue weighted by Crippen LogP contribution is -2.19. The molecule has 0 aliphatic heterocycles. The average Bonchev–Trinajstić information content (AvgIpc) is 2.88. The number of halogens is 1. The fraction of sp³-hybridized carbons (Fsp3) is 0.438. The minimum atomic E-state index is 0.391. The van der Waals surface area contributed by atoms with E-state index < -0.39 is 0 Å². The zero-order valence-electron chi connectivity index (χ0n) is 12.8. The number of aromatic nitrogens is 2. The van der Waals surface area contributed by atoms with Crippen LogP contribution in [0, 0.1) is 0 Å². The second-order valence-electron chi connectivity index (χ2n) is 5.27. The Labute approximate surface area is 131 Å². The molecule has 1 N–H and O–H groups in total. The van der Waals surface area contributed by atoms with E-state index in [-0.39, 0.29) is 0 Å². The molecule has 0 saturated carbocycles. The van der Waals surface area contributed by atoms with Gasteiger partial charge < -0.3 is 10.1 Å². The highest BCUT2D eigenvalue weighted by Crippen LogP contribution is 2.23. The van der Waals surface area contributed by atoms with E-state index in [1.807, 2.05) is 35.1 Å². The van der Waals surface area contributed by atoms with Crippen molar-refractivity contribution in [2.45, 2.75) is 26.3 Å². The van der Waals surface area contributed by atoms with Crippen LogP contribution in [0.25, 0.3) is 5.69 Å². The lowest BCUT2D eigenvalue weighted by molar-refractivity contribution is 0.199. The fourth-order valence-corrected chi connectivity index (χ4v) is 2.45. The molecule has 4 nitrogen and oxygen atoms in total. The highest BCUT2D eigenvalue weighted by molar-refractivity contribution is 6.30. The van der Waals surface area contributed by atoms with Gasteiger partial charge in [0.05, 0.1) is 24.2 Å². The Morgan fingerprint density at radius 1 is 1.29 bits per heavy atom. The Hall–Kier alpha value is -1.36. The van der Waals surface area contributed by atoms with Crippen molar-refractivity contribution < 1.29 is 4.74 Å². The normalized spacial score (nSPS) is 11.3. The number of ether oxygens (including phenoxy) is 1. The van der Waals surface area contributed by atoms with Gasteiger partial charge in [-0.05, 0) is 30.2 Å². The molecule has 0 aliphatic rings. The Kier molecular flexibility index (Phi) is 5.79. The predicted octanol–water partition coefficient (Wildman–Crippen LogP) is 3.39. The minimum absolute atomic E-state index is 0.391. The molecule has 0 spiro atoms. The monoisotopic (exact) mass is 307 g/mol. The molecule has 0 unspecified atom stereocenters. The van der Waals surface area contributed by atoms with Crippen LogP contribution >= 0.6 is 11.6 Å². The van der Waals surface area contributed by atoms with Gasteiger partial charge in [0.25, 0.3) is 0 Å². The number of nitrogens with one attached hydrogen (secondary N) is 1. The first-order valence-electron chi connectivity index (χ1n) is 7.16. The number of nitrogens with zero attached hydrogens (tertiary/aromatic N) is 2. The summed E-state index contributed by atoms with van der Waals surface area (Å²) in [7, 11) is 1.71. The van der Waals surface area contributed by atoms with Crippen LogP contribution in [0.3, 0.4) is 0 Å². The molecule has 1 aromatic carbocycles. The summed E-state index contributed by atoms with van der Waals surface area (Å²) in [4.78, 5) is 0. The summed E-state index contributed by atoms with van der Waals surface area (Å²) in [6.07, 6.45) is 1.93. The maximum Gasteiger partial charge on any atom is 0.0650 e. The maximum atomic E-state index is 5.95. The second-order valence-corrected chi connectivity index (χ2v) is 5.70. The Morgan fingerprint density at radius 3 is 2.62 bits per heavy atom. The van der Waals surface area contributed by atoms with E-state index in [9.17, 15) is 0 Å². The van der Waals surface area contributed by atoms with Gasteiger partial charge in [-0.1, -0.05) is 25.4 Å². The van der Waals surface area contributed by atoms with Crippen LogP contribution in [0.15, 0.2) is 30.5 Å². The van der Waals surface area contributed by atoms with Crippen LogP contribution in [0.1, 0.15) is 31.0 Å². The topological polar surface area (TPSA) is 39.1 Å². The van der Waals surface area contributed by atoms with Crippen molar-refractivity contribution >= 4 is 11.6 Å². The van der Waals surface area contributed by atoms with Crippen LogP contribution in [-0.4, -0.2) is 30.0 Å². The number of methoxy groups -OCH3 is 1. The smallest absolute Gasteiger partial charge is 0.0650 e. The molecule has 1 heterocycles. The zero-order chi connectivity index (χ0) is 15.2. The molecule has 0 bridgehead atoms. The van der Waals surface area contributed by atoms with Gasteiger partial charge in [-0.15, -0.1) is 0 Å². The van der Waals surface area contributed by atoms with E-state index in [1.54, 1.807) is 7.11 Å². The molecule has 0 atom stereocenters. The summed E-state index contributed by atoms with van der Waals surface area (Å²) in [6.45, 7) is 6.71. The van der Waals surface area contributed by atoms with Gasteiger partial charge in [0.2, 0.25) is 0 Å². The third-order valence-corrected chi connectivity index (χ3v) is 3.55. The summed E-state index contributed by atoms with van der Waals surface area (Å²) in [5.41, 5.74) is 3.48. The molecule has 1 aromatic heterocycles. The van der Waals surface area contributed by atoms with Gasteiger partial charge in [-0.3, -0.25) is 0 Å². The summed E-state index contributed by atoms with van der Waals surface area (Å²) < 4.78 is 7.04. The first kappa shape index (κ1) is 16.0. The summed E-state index contributed by atoms with van der Waals surface area (Å²) in [6, 6.07) is 7.76. The molecule has 114 valence electrons. The van der Waals surface area contributed by atoms with Gasteiger partial charge >= 0.3 is 0 Å². The first-order valence-corrected chi connectivity index (χ1v) is 7.53. The molecule has 21 heavy (non-hydrogen) atoms. The first-order chi connectivity index (χ1) is 10.1. The summed E-state index contributed by atoms with van der Waals surface area (Å²) in [5, 5.41) is 8.65. The molecule has 0 aliphatic carbocycles. The van der Waals surface area contributed by atoms with Crippen LogP contribution in [0.2, 0.25) is 5.02 Å². The third-order valence-electron chi connectivity index (χ3n) is 3.30. The summed E-state index contributed by atoms with van der Waals surface area (Å²) in [5.74, 6) is 0.391. The third kappa shape index (κ3) is 4.06. The SMILES string of the molecule is COCCNCc1cnn(-c2ccc(Cl)cc2)c1C(C)C. The van der Waals surface area contributed by atoms with Crippen LogP contribution in [-0.2, 0) is 11.3 Å². The maximum absolute atomic E-state index is 5.95. The van der Waals surface area contributed by atoms with Crippen LogP contribution in [0.4, 0.5) is 0 Å². The molecular formula is C16H22ClN3O. The Morgan fingerprint density at radius 2 is 2.00 bits per heavy atom. The number of benzene rings is 1. The van der Waals surface area contributed by atoms with Gasteiger partial charge in [-0.2, -0.15) is 5.10 Å². The molecule has 0 radical (unpaired) electrons. The highest BCUT2D eigenvalue weighted by Gasteiger charge is 2.15. The molecular weight excluding hydrogens is 286 g/mol. The van der Waals surface area contributed by atoms with Gasteiger partial charge in [0.15, 0.2) is 0 Å². The van der Waals surface area contributed by atoms with E-state index in [1.165, 1.54) is 11.3 Å². The Bertz CT molecular complexity index is 563. The van der Waals surface area contributed by atoms with E-state index in [2.05, 4.69) is 24.3 Å². The quantitative estimate of drug-likeness (QED) is 0.797. The van der Waals surface area contributed by atoms with Crippen molar-refractivity contribution in [2.24, 2.45) is 0 Å². The standard InChI is InChI=1S/C16H22ClN3O/c1-12(2)16-13(10-18-8-9-21-3)11-19-20(16)15-6-4-14(17)5-7-15/h4-7,11-12,18H,8-10H2,1-3H3. The number of hydrogen-bond donors (Lipinski definition) is 1. The van der Waals surface area contributed by atoms with Crippen molar-refractivity contribution in [2.75, 3.05) is 20.3 Å². The second kappa shape index (κ2) is 7.59. The van der Waals surface area contributed by atoms with Crippen molar-refractivity contribution in [1.29, 1.82) is 0 Å². The average molecular weight is 308 g/mol. The van der Waals surface area contributed by atoms with Crippen LogP contribution in [0.5, 0.6) is 0 Å². The van der Waals surface area contributed by atoms with Gasteiger partial charge in [-0.25, -0.2) is 4.68 Å². The Balaban J connectivity index is 2.22. The van der Waals surface area contributed by atoms with E-state index in [0.29, 0.717) is 12.5 Å². The molecule has 2 rings (SSSR count). The highest BCUT2D eigenvalue weighted by atomic mass is 35.5. The molecule has 0 saturated heterocycles. The van der Waals surface area contributed by atoms with Gasteiger partial charge in [0, 0.05) is 30.8 Å². The molecule has 5 heteroatoms. The van der Waals surface area contributed by atoms with E-state index in [0.717, 1.165) is 23.8 Å². The summed E-state index contributed by atoms with van der Waals surface area (Å²) >= 11 is 5.95. The minimum Gasteiger partial charge on any atom is -0.383 e. The lowest BCUT2D eigenvalue weighted by atomic mass is 10.1. The molecule has 2 aromatic rings. The van der Waals surface area contributed by atoms with Gasteiger partial charge in [0.1, 0.15) is 0 Å². The van der Waals surface area contributed by atoms with E-state index >= 15 is 0 Å². The largest absolute Gasteiger partial charge is 0.383 e. The van der Waals surface area contributed by atoms with Crippen LogP contribution < -0.4 is 5.32 Å².